The molecule has 0 bridgehead atoms. The van der Waals surface area contributed by atoms with Crippen LogP contribution in [0.2, 0.25) is 10.0 Å². The predicted molar refractivity (Wildman–Crippen MR) is 107 cm³/mol. The van der Waals surface area contributed by atoms with Crippen LogP contribution in [-0.2, 0) is 4.84 Å². The van der Waals surface area contributed by atoms with Crippen molar-refractivity contribution in [2.75, 3.05) is 18.0 Å². The minimum atomic E-state index is -0.701. The molecule has 2 aromatic carbocycles. The molecule has 1 fully saturated rings. The summed E-state index contributed by atoms with van der Waals surface area (Å²) < 4.78 is 0. The van der Waals surface area contributed by atoms with Crippen LogP contribution in [-0.4, -0.2) is 35.6 Å². The summed E-state index contributed by atoms with van der Waals surface area (Å²) in [6.45, 7) is 7.17. The largest absolute Gasteiger partial charge is 0.371 e. The summed E-state index contributed by atoms with van der Waals surface area (Å²) in [5.74, 6) is -1.01. The fourth-order valence-corrected chi connectivity index (χ4v) is 4.16. The number of carbonyl (C=O) groups excluding carboxylic acids is 2. The van der Waals surface area contributed by atoms with Crippen LogP contribution >= 0.6 is 23.2 Å². The molecule has 2 aliphatic heterocycles. The molecule has 0 N–H and O–H groups in total. The number of benzene rings is 2. The van der Waals surface area contributed by atoms with Gasteiger partial charge >= 0.3 is 0 Å². The van der Waals surface area contributed by atoms with E-state index < -0.39 is 17.4 Å². The normalized spacial score (nSPS) is 17.4. The van der Waals surface area contributed by atoms with Crippen LogP contribution in [0.5, 0.6) is 0 Å². The van der Waals surface area contributed by atoms with Crippen LogP contribution < -0.4 is 4.90 Å². The van der Waals surface area contributed by atoms with E-state index in [1.807, 2.05) is 6.07 Å². The van der Waals surface area contributed by atoms with Crippen LogP contribution in [0.3, 0.4) is 0 Å². The molecule has 0 aliphatic carbocycles. The van der Waals surface area contributed by atoms with Crippen molar-refractivity contribution in [2.45, 2.75) is 39.2 Å². The fraction of sp³-hybridized carbons (Fsp3) is 0.400. The monoisotopic (exact) mass is 406 g/mol. The molecule has 142 valence electrons. The van der Waals surface area contributed by atoms with Crippen molar-refractivity contribution in [3.05, 3.63) is 39.4 Å². The first kappa shape index (κ1) is 18.5. The molecule has 0 saturated carbocycles. The summed E-state index contributed by atoms with van der Waals surface area (Å²) in [7, 11) is 0. The number of rotatable bonds is 2. The highest BCUT2D eigenvalue weighted by atomic mass is 35.5. The summed E-state index contributed by atoms with van der Waals surface area (Å²) in [5, 5.41) is 2.70. The van der Waals surface area contributed by atoms with E-state index in [4.69, 9.17) is 28.0 Å². The maximum absolute atomic E-state index is 13.1. The molecule has 5 nitrogen and oxygen atoms in total. The third-order valence-electron chi connectivity index (χ3n) is 4.79. The van der Waals surface area contributed by atoms with Crippen molar-refractivity contribution in [1.82, 2.24) is 5.06 Å². The maximum Gasteiger partial charge on any atom is 0.285 e. The molecule has 2 aliphatic rings. The van der Waals surface area contributed by atoms with E-state index in [-0.39, 0.29) is 5.02 Å². The first-order chi connectivity index (χ1) is 12.7. The van der Waals surface area contributed by atoms with Gasteiger partial charge in [0.15, 0.2) is 0 Å². The van der Waals surface area contributed by atoms with Gasteiger partial charge in [-0.25, -0.2) is 0 Å². The van der Waals surface area contributed by atoms with Gasteiger partial charge in [-0.15, -0.1) is 5.06 Å². The van der Waals surface area contributed by atoms with Crippen molar-refractivity contribution in [3.8, 4) is 0 Å². The number of halogens is 2. The second-order valence-corrected chi connectivity index (χ2v) is 8.69. The van der Waals surface area contributed by atoms with Gasteiger partial charge in [0.1, 0.15) is 0 Å². The van der Waals surface area contributed by atoms with E-state index in [0.717, 1.165) is 36.7 Å². The van der Waals surface area contributed by atoms with E-state index in [2.05, 4.69) is 4.90 Å². The zero-order chi connectivity index (χ0) is 19.5. The average molecular weight is 407 g/mol. The Morgan fingerprint density at radius 1 is 0.963 bits per heavy atom. The molecule has 0 atom stereocenters. The van der Waals surface area contributed by atoms with Crippen LogP contribution in [0.4, 0.5) is 5.69 Å². The van der Waals surface area contributed by atoms with Crippen LogP contribution in [0.25, 0.3) is 10.8 Å². The highest BCUT2D eigenvalue weighted by molar-refractivity contribution is 6.47. The highest BCUT2D eigenvalue weighted by Gasteiger charge is 2.38. The van der Waals surface area contributed by atoms with Crippen LogP contribution in [0.15, 0.2) is 18.2 Å². The second-order valence-electron chi connectivity index (χ2n) is 7.90. The van der Waals surface area contributed by atoms with Gasteiger partial charge in [-0.2, -0.15) is 0 Å². The Morgan fingerprint density at radius 2 is 1.59 bits per heavy atom. The van der Waals surface area contributed by atoms with Gasteiger partial charge in [0.05, 0.1) is 26.8 Å². The first-order valence-electron chi connectivity index (χ1n) is 8.96. The number of imide groups is 1. The van der Waals surface area contributed by atoms with Gasteiger partial charge in [0, 0.05) is 29.5 Å². The van der Waals surface area contributed by atoms with E-state index in [1.54, 1.807) is 26.8 Å². The smallest absolute Gasteiger partial charge is 0.285 e. The Balaban J connectivity index is 1.98. The number of hydroxylamine groups is 2. The zero-order valence-corrected chi connectivity index (χ0v) is 16.9. The first-order valence-corrected chi connectivity index (χ1v) is 9.72. The van der Waals surface area contributed by atoms with Crippen molar-refractivity contribution in [3.63, 3.8) is 0 Å². The van der Waals surface area contributed by atoms with Gasteiger partial charge < -0.3 is 4.90 Å². The Morgan fingerprint density at radius 3 is 2.22 bits per heavy atom. The van der Waals surface area contributed by atoms with Gasteiger partial charge in [0.25, 0.3) is 11.8 Å². The molecule has 0 spiro atoms. The predicted octanol–water partition coefficient (Wildman–Crippen LogP) is 5.07. The van der Waals surface area contributed by atoms with E-state index >= 15 is 0 Å². The molecular weight excluding hydrogens is 387 g/mol. The topological polar surface area (TPSA) is 49.9 Å². The number of nitrogens with zero attached hydrogens (tertiary/aromatic N) is 2. The lowest BCUT2D eigenvalue weighted by Crippen LogP contribution is -2.44. The minimum absolute atomic E-state index is 0.287. The summed E-state index contributed by atoms with van der Waals surface area (Å²) >= 11 is 12.9. The number of carbonyl (C=O) groups is 2. The summed E-state index contributed by atoms with van der Waals surface area (Å²) in [6, 6.07) is 5.16. The van der Waals surface area contributed by atoms with Crippen LogP contribution in [0, 0.1) is 0 Å². The fourth-order valence-electron chi connectivity index (χ4n) is 3.71. The molecule has 1 saturated heterocycles. The lowest BCUT2D eigenvalue weighted by molar-refractivity contribution is -0.168. The van der Waals surface area contributed by atoms with Gasteiger partial charge in [-0.05, 0) is 51.8 Å². The van der Waals surface area contributed by atoms with Gasteiger partial charge in [0.2, 0.25) is 0 Å². The molecule has 7 heteroatoms. The molecule has 2 amide bonds. The summed E-state index contributed by atoms with van der Waals surface area (Å²) in [4.78, 5) is 33.9. The Bertz CT molecular complexity index is 976. The average Bonchev–Trinajstić information content (AvgIpc) is 3.13. The number of anilines is 1. The van der Waals surface area contributed by atoms with Crippen molar-refractivity contribution in [1.29, 1.82) is 0 Å². The molecule has 2 heterocycles. The molecule has 27 heavy (non-hydrogen) atoms. The molecule has 4 rings (SSSR count). The van der Waals surface area contributed by atoms with E-state index in [0.29, 0.717) is 26.9 Å². The maximum atomic E-state index is 13.1. The van der Waals surface area contributed by atoms with E-state index in [1.165, 1.54) is 6.07 Å². The summed E-state index contributed by atoms with van der Waals surface area (Å²) in [6.07, 6.45) is 2.19. The number of hydrogen-bond acceptors (Lipinski definition) is 4. The molecular formula is C20H20Cl2N2O3. The van der Waals surface area contributed by atoms with Crippen molar-refractivity contribution in [2.24, 2.45) is 0 Å². The molecule has 0 unspecified atom stereocenters. The molecule has 0 radical (unpaired) electrons. The minimum Gasteiger partial charge on any atom is -0.371 e. The van der Waals surface area contributed by atoms with Crippen molar-refractivity contribution < 1.29 is 14.4 Å². The van der Waals surface area contributed by atoms with Crippen molar-refractivity contribution >= 4 is 51.5 Å². The third-order valence-corrected chi connectivity index (χ3v) is 5.58. The number of amides is 2. The lowest BCUT2D eigenvalue weighted by atomic mass is 9.93. The zero-order valence-electron chi connectivity index (χ0n) is 15.4. The van der Waals surface area contributed by atoms with E-state index in [9.17, 15) is 9.59 Å². The van der Waals surface area contributed by atoms with Gasteiger partial charge in [-0.1, -0.05) is 23.2 Å². The lowest BCUT2D eigenvalue weighted by Gasteiger charge is -2.32. The third kappa shape index (κ3) is 2.98. The standard InChI is InChI=1S/C20H20Cl2N2O3/c1-20(2,3)27-24-18(25)11-6-7-14(23-8-4-5-9-23)16-15(11)12(19(24)26)10-13(21)17(16)22/h6-7,10H,4-5,8-9H2,1-3H3. The Labute approximate surface area is 167 Å². The summed E-state index contributed by atoms with van der Waals surface area (Å²) in [5.41, 5.74) is 0.934. The Kier molecular flexibility index (Phi) is 4.37. The second kappa shape index (κ2) is 6.36. The Hall–Kier alpha value is -1.82. The highest BCUT2D eigenvalue weighted by Crippen LogP contribution is 2.44. The molecule has 0 aromatic heterocycles. The van der Waals surface area contributed by atoms with Crippen LogP contribution in [0.1, 0.15) is 54.3 Å². The quantitative estimate of drug-likeness (QED) is 0.652. The number of hydrogen-bond donors (Lipinski definition) is 0. The SMILES string of the molecule is CC(C)(C)ON1C(=O)c2ccc(N3CCCC3)c3c(Cl)c(Cl)cc(c23)C1=O. The van der Waals surface area contributed by atoms with Gasteiger partial charge in [-0.3, -0.25) is 14.4 Å². The molecule has 2 aromatic rings.